The maximum absolute atomic E-state index is 11.9. The predicted octanol–water partition coefficient (Wildman–Crippen LogP) is 0.150. The molecule has 0 saturated carbocycles. The second kappa shape index (κ2) is 7.45. The highest BCUT2D eigenvalue weighted by Gasteiger charge is 2.31. The Hall–Kier alpha value is -1.14. The summed E-state index contributed by atoms with van der Waals surface area (Å²) in [6, 6.07) is -0.200. The molecule has 3 amide bonds. The van der Waals surface area contributed by atoms with Crippen molar-refractivity contribution >= 4 is 11.9 Å². The number of nitrogens with zero attached hydrogens (tertiary/aromatic N) is 1. The third-order valence-electron chi connectivity index (χ3n) is 4.05. The van der Waals surface area contributed by atoms with E-state index in [9.17, 15) is 9.59 Å². The van der Waals surface area contributed by atoms with Gasteiger partial charge in [-0.15, -0.1) is 0 Å². The van der Waals surface area contributed by atoms with Gasteiger partial charge in [0.15, 0.2) is 0 Å². The second-order valence-corrected chi connectivity index (χ2v) is 5.09. The van der Waals surface area contributed by atoms with E-state index in [-0.39, 0.29) is 11.9 Å². The minimum absolute atomic E-state index is 0.239. The predicted molar refractivity (Wildman–Crippen MR) is 74.9 cm³/mol. The third-order valence-corrected chi connectivity index (χ3v) is 4.05. The lowest BCUT2D eigenvalue weighted by Crippen LogP contribution is -2.55. The van der Waals surface area contributed by atoms with Gasteiger partial charge in [-0.25, -0.2) is 4.79 Å². The second-order valence-electron chi connectivity index (χ2n) is 5.09. The lowest BCUT2D eigenvalue weighted by molar-refractivity contribution is -0.125. The molecule has 1 fully saturated rings. The Kier molecular flexibility index (Phi) is 6.24. The van der Waals surface area contributed by atoms with Crippen molar-refractivity contribution in [2.75, 3.05) is 27.2 Å². The molecule has 0 spiro atoms. The minimum Gasteiger partial charge on any atom is -0.341 e. The average Bonchev–Trinajstić information content (AvgIpc) is 2.45. The molecule has 1 aliphatic rings. The van der Waals surface area contributed by atoms with Gasteiger partial charge in [-0.3, -0.25) is 15.0 Å². The van der Waals surface area contributed by atoms with E-state index in [1.54, 1.807) is 0 Å². The number of rotatable bonds is 4. The van der Waals surface area contributed by atoms with Crippen LogP contribution in [0.15, 0.2) is 0 Å². The van der Waals surface area contributed by atoms with E-state index >= 15 is 0 Å². The first-order valence-corrected chi connectivity index (χ1v) is 6.97. The Morgan fingerprint density at radius 2 is 2.05 bits per heavy atom. The third kappa shape index (κ3) is 4.18. The van der Waals surface area contributed by atoms with Crippen molar-refractivity contribution in [2.24, 2.45) is 5.92 Å². The zero-order valence-electron chi connectivity index (χ0n) is 12.3. The molecular formula is C13H26N4O2. The highest BCUT2D eigenvalue weighted by atomic mass is 16.2. The summed E-state index contributed by atoms with van der Waals surface area (Å²) in [7, 11) is 3.49. The monoisotopic (exact) mass is 270 g/mol. The Bertz CT molecular complexity index is 322. The van der Waals surface area contributed by atoms with E-state index in [1.165, 1.54) is 7.05 Å². The van der Waals surface area contributed by atoms with Gasteiger partial charge in [0, 0.05) is 26.2 Å². The number of hydrogen-bond donors (Lipinski definition) is 3. The molecule has 0 aromatic heterocycles. The molecule has 3 N–H and O–H groups in total. The summed E-state index contributed by atoms with van der Waals surface area (Å²) in [6.45, 7) is 5.80. The molecule has 1 heterocycles. The number of hydrogen-bond acceptors (Lipinski definition) is 4. The normalized spacial score (nSPS) is 25.7. The van der Waals surface area contributed by atoms with Crippen LogP contribution in [-0.2, 0) is 4.79 Å². The van der Waals surface area contributed by atoms with Crippen LogP contribution in [0, 0.1) is 5.92 Å². The fourth-order valence-corrected chi connectivity index (χ4v) is 2.65. The number of carbonyl (C=O) groups is 2. The maximum Gasteiger partial charge on any atom is 0.321 e. The van der Waals surface area contributed by atoms with Crippen LogP contribution in [0.5, 0.6) is 0 Å². The molecular weight excluding hydrogens is 244 g/mol. The molecule has 0 aromatic carbocycles. The number of imide groups is 1. The molecule has 1 rings (SSSR count). The molecule has 3 atom stereocenters. The van der Waals surface area contributed by atoms with Crippen LogP contribution in [0.25, 0.3) is 0 Å². The molecule has 110 valence electrons. The van der Waals surface area contributed by atoms with Gasteiger partial charge in [0.05, 0.1) is 6.04 Å². The van der Waals surface area contributed by atoms with E-state index in [4.69, 9.17) is 0 Å². The van der Waals surface area contributed by atoms with Crippen molar-refractivity contribution in [3.05, 3.63) is 0 Å². The van der Waals surface area contributed by atoms with Crippen molar-refractivity contribution in [1.82, 2.24) is 20.9 Å². The first-order chi connectivity index (χ1) is 9.03. The van der Waals surface area contributed by atoms with Crippen molar-refractivity contribution in [1.29, 1.82) is 0 Å². The number of nitrogens with one attached hydrogen (secondary N) is 3. The fraction of sp³-hybridized carbons (Fsp3) is 0.846. The number of likely N-dealkylation sites (tertiary alicyclic amines) is 1. The maximum atomic E-state index is 11.9. The summed E-state index contributed by atoms with van der Waals surface area (Å²) in [5, 5.41) is 8.07. The highest BCUT2D eigenvalue weighted by molar-refractivity contribution is 5.96. The van der Waals surface area contributed by atoms with Gasteiger partial charge in [-0.1, -0.05) is 13.3 Å². The van der Waals surface area contributed by atoms with Gasteiger partial charge in [0.1, 0.15) is 0 Å². The quantitative estimate of drug-likeness (QED) is 0.680. The Balaban J connectivity index is 2.56. The number of amides is 3. The van der Waals surface area contributed by atoms with Crippen molar-refractivity contribution in [3.63, 3.8) is 0 Å². The van der Waals surface area contributed by atoms with Crippen LogP contribution in [-0.4, -0.2) is 56.1 Å². The zero-order valence-corrected chi connectivity index (χ0v) is 12.3. The van der Waals surface area contributed by atoms with Gasteiger partial charge in [0.25, 0.3) is 0 Å². The summed E-state index contributed by atoms with van der Waals surface area (Å²) in [5.41, 5.74) is 0. The van der Waals surface area contributed by atoms with Crippen molar-refractivity contribution in [2.45, 2.75) is 38.8 Å². The summed E-state index contributed by atoms with van der Waals surface area (Å²) in [6.07, 6.45) is 2.12. The van der Waals surface area contributed by atoms with Crippen LogP contribution in [0.4, 0.5) is 4.79 Å². The van der Waals surface area contributed by atoms with E-state index < -0.39 is 6.03 Å². The fourth-order valence-electron chi connectivity index (χ4n) is 2.65. The van der Waals surface area contributed by atoms with Crippen LogP contribution < -0.4 is 16.0 Å². The Morgan fingerprint density at radius 1 is 1.37 bits per heavy atom. The Morgan fingerprint density at radius 3 is 2.58 bits per heavy atom. The van der Waals surface area contributed by atoms with Crippen LogP contribution in [0.2, 0.25) is 0 Å². The lowest BCUT2D eigenvalue weighted by Gasteiger charge is -2.40. The molecule has 0 bridgehead atoms. The largest absolute Gasteiger partial charge is 0.341 e. The molecule has 0 aliphatic carbocycles. The lowest BCUT2D eigenvalue weighted by atomic mass is 9.89. The smallest absolute Gasteiger partial charge is 0.321 e. The number of piperidine rings is 1. The zero-order chi connectivity index (χ0) is 14.4. The van der Waals surface area contributed by atoms with Gasteiger partial charge in [-0.05, 0) is 26.3 Å². The molecule has 1 aliphatic heterocycles. The molecule has 6 heteroatoms. The van der Waals surface area contributed by atoms with E-state index in [1.807, 2.05) is 14.0 Å². The molecule has 19 heavy (non-hydrogen) atoms. The van der Waals surface area contributed by atoms with Crippen LogP contribution in [0.1, 0.15) is 26.7 Å². The Labute approximate surface area is 115 Å². The van der Waals surface area contributed by atoms with Gasteiger partial charge in [-0.2, -0.15) is 0 Å². The molecule has 3 unspecified atom stereocenters. The van der Waals surface area contributed by atoms with Crippen molar-refractivity contribution < 1.29 is 9.59 Å². The SMILES string of the molecule is CCC1CN(C(C)C(=O)NC(=O)NC)CCC1NC. The van der Waals surface area contributed by atoms with Gasteiger partial charge in [0.2, 0.25) is 5.91 Å². The molecule has 1 saturated heterocycles. The summed E-state index contributed by atoms with van der Waals surface area (Å²) in [5.74, 6) is 0.311. The first kappa shape index (κ1) is 15.9. The first-order valence-electron chi connectivity index (χ1n) is 6.97. The highest BCUT2D eigenvalue weighted by Crippen LogP contribution is 2.21. The van der Waals surface area contributed by atoms with Gasteiger partial charge >= 0.3 is 6.03 Å². The molecule has 0 aromatic rings. The number of carbonyl (C=O) groups excluding carboxylic acids is 2. The standard InChI is InChI=1S/C13H26N4O2/c1-5-10-8-17(7-6-11(10)14-3)9(2)12(18)16-13(19)15-4/h9-11,14H,5-8H2,1-4H3,(H2,15,16,18,19). The van der Waals surface area contributed by atoms with Crippen LogP contribution in [0.3, 0.4) is 0 Å². The molecule has 6 nitrogen and oxygen atoms in total. The van der Waals surface area contributed by atoms with E-state index in [2.05, 4.69) is 27.8 Å². The topological polar surface area (TPSA) is 73.5 Å². The molecule has 0 radical (unpaired) electrons. The summed E-state index contributed by atoms with van der Waals surface area (Å²) < 4.78 is 0. The average molecular weight is 270 g/mol. The van der Waals surface area contributed by atoms with Gasteiger partial charge < -0.3 is 10.6 Å². The van der Waals surface area contributed by atoms with E-state index in [0.29, 0.717) is 12.0 Å². The number of urea groups is 1. The van der Waals surface area contributed by atoms with Crippen LogP contribution >= 0.6 is 0 Å². The summed E-state index contributed by atoms with van der Waals surface area (Å²) in [4.78, 5) is 25.2. The van der Waals surface area contributed by atoms with E-state index in [0.717, 1.165) is 25.9 Å². The minimum atomic E-state index is -0.450. The van der Waals surface area contributed by atoms with Crippen molar-refractivity contribution in [3.8, 4) is 0 Å². The summed E-state index contributed by atoms with van der Waals surface area (Å²) >= 11 is 0.